The molecule has 4 heteroatoms. The Balaban J connectivity index is 4.62. The maximum Gasteiger partial charge on any atom is 0.134 e. The second-order valence-corrected chi connectivity index (χ2v) is 4.90. The molecule has 0 amide bonds. The van der Waals surface area contributed by atoms with Crippen LogP contribution in [0.3, 0.4) is 0 Å². The molecule has 120 valence electrons. The zero-order valence-corrected chi connectivity index (χ0v) is 13.2. The standard InChI is InChI=1S/C16H32O4/c1-3-5-7-9-15(19-13-11-17)16(20-14-12-18)10-8-6-4-2/h17-18H,3-14H2,1-2H3/b16-15+. The van der Waals surface area contributed by atoms with Gasteiger partial charge in [-0.05, 0) is 12.8 Å². The lowest BCUT2D eigenvalue weighted by Gasteiger charge is -2.17. The molecule has 0 aliphatic rings. The van der Waals surface area contributed by atoms with Crippen molar-refractivity contribution < 1.29 is 19.7 Å². The second kappa shape index (κ2) is 14.7. The van der Waals surface area contributed by atoms with Crippen LogP contribution in [0.25, 0.3) is 0 Å². The van der Waals surface area contributed by atoms with Crippen LogP contribution in [0.15, 0.2) is 11.5 Å². The van der Waals surface area contributed by atoms with Gasteiger partial charge in [-0.3, -0.25) is 0 Å². The summed E-state index contributed by atoms with van der Waals surface area (Å²) in [6, 6.07) is 0. The topological polar surface area (TPSA) is 58.9 Å². The Labute approximate surface area is 123 Å². The van der Waals surface area contributed by atoms with Gasteiger partial charge in [0.2, 0.25) is 0 Å². The smallest absolute Gasteiger partial charge is 0.134 e. The van der Waals surface area contributed by atoms with Gasteiger partial charge < -0.3 is 19.7 Å². The van der Waals surface area contributed by atoms with Gasteiger partial charge in [-0.25, -0.2) is 0 Å². The third-order valence-corrected chi connectivity index (χ3v) is 3.06. The summed E-state index contributed by atoms with van der Waals surface area (Å²) in [6.07, 6.45) is 8.48. The fraction of sp³-hybridized carbons (Fsp3) is 0.875. The Morgan fingerprint density at radius 3 is 1.40 bits per heavy atom. The average molecular weight is 288 g/mol. The van der Waals surface area contributed by atoms with E-state index in [1.807, 2.05) is 0 Å². The molecule has 0 atom stereocenters. The Hall–Kier alpha value is -0.740. The van der Waals surface area contributed by atoms with Crippen LogP contribution in [0, 0.1) is 0 Å². The van der Waals surface area contributed by atoms with E-state index in [1.165, 1.54) is 0 Å². The molecule has 2 N–H and O–H groups in total. The van der Waals surface area contributed by atoms with Gasteiger partial charge in [0.1, 0.15) is 24.7 Å². The fourth-order valence-corrected chi connectivity index (χ4v) is 1.99. The van der Waals surface area contributed by atoms with Gasteiger partial charge in [-0.1, -0.05) is 39.5 Å². The number of aliphatic hydroxyl groups excluding tert-OH is 2. The maximum absolute atomic E-state index is 8.93. The Kier molecular flexibility index (Phi) is 14.1. The van der Waals surface area contributed by atoms with E-state index in [0.29, 0.717) is 13.2 Å². The highest BCUT2D eigenvalue weighted by Crippen LogP contribution is 2.21. The predicted molar refractivity (Wildman–Crippen MR) is 81.4 cm³/mol. The van der Waals surface area contributed by atoms with Crippen LogP contribution in [0.4, 0.5) is 0 Å². The quantitative estimate of drug-likeness (QED) is 0.380. The summed E-state index contributed by atoms with van der Waals surface area (Å²) in [5.41, 5.74) is 0. The monoisotopic (exact) mass is 288 g/mol. The number of unbranched alkanes of at least 4 members (excludes halogenated alkanes) is 4. The molecule has 0 radical (unpaired) electrons. The molecule has 0 aliphatic heterocycles. The molecule has 20 heavy (non-hydrogen) atoms. The molecule has 0 unspecified atom stereocenters. The van der Waals surface area contributed by atoms with Crippen LogP contribution < -0.4 is 0 Å². The van der Waals surface area contributed by atoms with Crippen LogP contribution in [-0.2, 0) is 9.47 Å². The second-order valence-electron chi connectivity index (χ2n) is 4.90. The van der Waals surface area contributed by atoms with Gasteiger partial charge in [0.05, 0.1) is 13.2 Å². The van der Waals surface area contributed by atoms with Crippen molar-refractivity contribution in [1.29, 1.82) is 0 Å². The van der Waals surface area contributed by atoms with Crippen molar-refractivity contribution in [2.24, 2.45) is 0 Å². The first-order chi connectivity index (χ1) is 9.79. The Morgan fingerprint density at radius 2 is 1.10 bits per heavy atom. The largest absolute Gasteiger partial charge is 0.492 e. The molecular formula is C16H32O4. The van der Waals surface area contributed by atoms with Gasteiger partial charge in [-0.2, -0.15) is 0 Å². The summed E-state index contributed by atoms with van der Waals surface area (Å²) in [5, 5.41) is 17.9. The highest BCUT2D eigenvalue weighted by atomic mass is 16.5. The van der Waals surface area contributed by atoms with Crippen LogP contribution in [0.5, 0.6) is 0 Å². The maximum atomic E-state index is 8.93. The Morgan fingerprint density at radius 1 is 0.700 bits per heavy atom. The summed E-state index contributed by atoms with van der Waals surface area (Å²) in [5.74, 6) is 1.72. The number of ether oxygens (including phenoxy) is 2. The summed E-state index contributed by atoms with van der Waals surface area (Å²) in [4.78, 5) is 0. The lowest BCUT2D eigenvalue weighted by atomic mass is 10.1. The lowest BCUT2D eigenvalue weighted by molar-refractivity contribution is 0.0952. The first-order valence-electron chi connectivity index (χ1n) is 7.99. The SMILES string of the molecule is CCCCC/C(OCCO)=C(/CCCCC)OCCO. The third kappa shape index (κ3) is 10.1. The highest BCUT2D eigenvalue weighted by Gasteiger charge is 2.10. The van der Waals surface area contributed by atoms with E-state index in [1.54, 1.807) is 0 Å². The van der Waals surface area contributed by atoms with Crippen molar-refractivity contribution in [1.82, 2.24) is 0 Å². The third-order valence-electron chi connectivity index (χ3n) is 3.06. The minimum atomic E-state index is 0.0134. The predicted octanol–water partition coefficient (Wildman–Crippen LogP) is 3.38. The van der Waals surface area contributed by atoms with Gasteiger partial charge in [-0.15, -0.1) is 0 Å². The van der Waals surface area contributed by atoms with Crippen molar-refractivity contribution in [2.75, 3.05) is 26.4 Å². The average Bonchev–Trinajstić information content (AvgIpc) is 2.47. The zero-order chi connectivity index (χ0) is 15.1. The van der Waals surface area contributed by atoms with E-state index in [4.69, 9.17) is 19.7 Å². The molecule has 0 rings (SSSR count). The molecule has 0 aromatic carbocycles. The van der Waals surface area contributed by atoms with Crippen molar-refractivity contribution in [3.05, 3.63) is 11.5 Å². The molecule has 0 aliphatic carbocycles. The van der Waals surface area contributed by atoms with Crippen molar-refractivity contribution in [2.45, 2.75) is 65.2 Å². The highest BCUT2D eigenvalue weighted by molar-refractivity contribution is 5.02. The summed E-state index contributed by atoms with van der Waals surface area (Å²) in [7, 11) is 0. The van der Waals surface area contributed by atoms with Gasteiger partial charge in [0.15, 0.2) is 0 Å². The summed E-state index contributed by atoms with van der Waals surface area (Å²) >= 11 is 0. The van der Waals surface area contributed by atoms with Gasteiger partial charge >= 0.3 is 0 Å². The minimum absolute atomic E-state index is 0.0134. The van der Waals surface area contributed by atoms with Gasteiger partial charge in [0.25, 0.3) is 0 Å². The van der Waals surface area contributed by atoms with Crippen LogP contribution in [0.1, 0.15) is 65.2 Å². The van der Waals surface area contributed by atoms with Crippen molar-refractivity contribution in [3.8, 4) is 0 Å². The number of aliphatic hydroxyl groups is 2. The molecule has 0 heterocycles. The summed E-state index contributed by atoms with van der Waals surface area (Å²) in [6.45, 7) is 4.98. The van der Waals surface area contributed by atoms with E-state index in [0.717, 1.165) is 62.9 Å². The number of rotatable bonds is 14. The van der Waals surface area contributed by atoms with E-state index in [2.05, 4.69) is 13.8 Å². The van der Waals surface area contributed by atoms with Crippen molar-refractivity contribution in [3.63, 3.8) is 0 Å². The van der Waals surface area contributed by atoms with E-state index >= 15 is 0 Å². The molecule has 0 bridgehead atoms. The van der Waals surface area contributed by atoms with E-state index in [-0.39, 0.29) is 13.2 Å². The number of hydrogen-bond acceptors (Lipinski definition) is 4. The van der Waals surface area contributed by atoms with Crippen LogP contribution in [0.2, 0.25) is 0 Å². The minimum Gasteiger partial charge on any atom is -0.492 e. The van der Waals surface area contributed by atoms with E-state index in [9.17, 15) is 0 Å². The lowest BCUT2D eigenvalue weighted by Crippen LogP contribution is -2.08. The molecule has 4 nitrogen and oxygen atoms in total. The van der Waals surface area contributed by atoms with Gasteiger partial charge in [0, 0.05) is 12.8 Å². The normalized spacial score (nSPS) is 12.2. The molecule has 0 fully saturated rings. The number of hydrogen-bond donors (Lipinski definition) is 2. The molecule has 0 spiro atoms. The zero-order valence-electron chi connectivity index (χ0n) is 13.2. The molecule has 0 saturated heterocycles. The Bertz CT molecular complexity index is 215. The first-order valence-corrected chi connectivity index (χ1v) is 7.99. The van der Waals surface area contributed by atoms with Crippen LogP contribution >= 0.6 is 0 Å². The van der Waals surface area contributed by atoms with Crippen molar-refractivity contribution >= 4 is 0 Å². The summed E-state index contributed by atoms with van der Waals surface area (Å²) < 4.78 is 11.3. The molecular weight excluding hydrogens is 256 g/mol. The molecule has 0 saturated carbocycles. The molecule has 0 aromatic heterocycles. The molecule has 0 aromatic rings. The van der Waals surface area contributed by atoms with E-state index < -0.39 is 0 Å². The fourth-order valence-electron chi connectivity index (χ4n) is 1.99. The number of allylic oxidation sites excluding steroid dienone is 2. The van der Waals surface area contributed by atoms with Crippen LogP contribution in [-0.4, -0.2) is 36.6 Å². The first kappa shape index (κ1) is 19.3.